The first-order valence-electron chi connectivity index (χ1n) is 4.33. The summed E-state index contributed by atoms with van der Waals surface area (Å²) in [5.74, 6) is -0.723. The molecule has 0 aliphatic carbocycles. The molecule has 0 bridgehead atoms. The smallest absolute Gasteiger partial charge is 0.263 e. The Morgan fingerprint density at radius 1 is 1.13 bits per heavy atom. The van der Waals surface area contributed by atoms with Crippen molar-refractivity contribution in [2.75, 3.05) is 0 Å². The first-order chi connectivity index (χ1) is 7.33. The van der Waals surface area contributed by atoms with Crippen LogP contribution in [0.1, 0.15) is 10.4 Å². The summed E-state index contributed by atoms with van der Waals surface area (Å²) in [4.78, 5) is 22.4. The van der Waals surface area contributed by atoms with Gasteiger partial charge in [-0.15, -0.1) is 16.2 Å². The molecule has 0 N–H and O–H groups in total. The van der Waals surface area contributed by atoms with Crippen LogP contribution in [0.5, 0.6) is 0 Å². The minimum atomic E-state index is -0.723. The highest BCUT2D eigenvalue weighted by atomic mass is 32.1. The summed E-state index contributed by atoms with van der Waals surface area (Å²) in [6, 6.07) is 10.8. The molecule has 0 fully saturated rings. The van der Waals surface area contributed by atoms with E-state index in [0.717, 1.165) is 10.4 Å². The van der Waals surface area contributed by atoms with Gasteiger partial charge in [0.1, 0.15) is 0 Å². The van der Waals surface area contributed by atoms with Crippen LogP contribution in [0.3, 0.4) is 0 Å². The number of rotatable bonds is 2. The summed E-state index contributed by atoms with van der Waals surface area (Å²) in [5, 5.41) is 4.37. The normalized spacial score (nSPS) is 9.87. The molecule has 2 aromatic rings. The van der Waals surface area contributed by atoms with E-state index in [2.05, 4.69) is 5.18 Å². The van der Waals surface area contributed by atoms with Crippen molar-refractivity contribution >= 4 is 17.2 Å². The summed E-state index contributed by atoms with van der Waals surface area (Å²) in [5.41, 5.74) is 1.12. The molecule has 1 amide bonds. The van der Waals surface area contributed by atoms with Crippen LogP contribution in [0.15, 0.2) is 47.0 Å². The Morgan fingerprint density at radius 2 is 1.93 bits per heavy atom. The lowest BCUT2D eigenvalue weighted by molar-refractivity contribution is 0.100. The van der Waals surface area contributed by atoms with E-state index in [1.165, 1.54) is 11.3 Å². The van der Waals surface area contributed by atoms with Gasteiger partial charge in [-0.25, -0.2) is 0 Å². The van der Waals surface area contributed by atoms with Gasteiger partial charge in [-0.2, -0.15) is 0 Å². The molecular formula is C11H7NO2S. The first kappa shape index (κ1) is 9.73. The third-order valence-electron chi connectivity index (χ3n) is 2.03. The lowest BCUT2D eigenvalue weighted by Gasteiger charge is -2.01. The van der Waals surface area contributed by atoms with Crippen LogP contribution in [-0.4, -0.2) is 5.91 Å². The van der Waals surface area contributed by atoms with Crippen LogP contribution < -0.4 is 0 Å². The summed E-state index contributed by atoms with van der Waals surface area (Å²) in [6.07, 6.45) is 0. The van der Waals surface area contributed by atoms with Crippen LogP contribution in [0.2, 0.25) is 0 Å². The zero-order chi connectivity index (χ0) is 10.7. The van der Waals surface area contributed by atoms with Crippen LogP contribution in [0, 0.1) is 4.91 Å². The van der Waals surface area contributed by atoms with Gasteiger partial charge >= 0.3 is 5.91 Å². The second-order valence-corrected chi connectivity index (χ2v) is 3.87. The molecule has 3 nitrogen and oxygen atoms in total. The Balaban J connectivity index is 2.57. The molecule has 0 aliphatic rings. The predicted octanol–water partition coefficient (Wildman–Crippen LogP) is 3.32. The monoisotopic (exact) mass is 217 g/mol. The quantitative estimate of drug-likeness (QED) is 0.724. The molecule has 1 aromatic heterocycles. The fourth-order valence-electron chi connectivity index (χ4n) is 1.37. The van der Waals surface area contributed by atoms with Gasteiger partial charge in [0.05, 0.1) is 5.56 Å². The summed E-state index contributed by atoms with van der Waals surface area (Å²) < 4.78 is 0. The Morgan fingerprint density at radius 3 is 2.60 bits per heavy atom. The van der Waals surface area contributed by atoms with Crippen LogP contribution >= 0.6 is 11.3 Å². The Kier molecular flexibility index (Phi) is 2.69. The van der Waals surface area contributed by atoms with Crippen LogP contribution in [-0.2, 0) is 0 Å². The number of benzene rings is 1. The number of thiophene rings is 1. The Labute approximate surface area is 90.4 Å². The summed E-state index contributed by atoms with van der Waals surface area (Å²) in [6.45, 7) is 0. The second kappa shape index (κ2) is 4.14. The van der Waals surface area contributed by atoms with E-state index in [-0.39, 0.29) is 0 Å². The van der Waals surface area contributed by atoms with Crippen molar-refractivity contribution < 1.29 is 4.79 Å². The number of nitroso groups, excluding NO2 is 1. The van der Waals surface area contributed by atoms with Gasteiger partial charge in [0.25, 0.3) is 0 Å². The zero-order valence-electron chi connectivity index (χ0n) is 7.71. The Hall–Kier alpha value is -1.81. The zero-order valence-corrected chi connectivity index (χ0v) is 8.53. The standard InChI is InChI=1S/C11H7NO2S/c13-11(12-14)9-5-2-1-4-8(9)10-6-3-7-15-10/h1-7H. The second-order valence-electron chi connectivity index (χ2n) is 2.92. The molecule has 0 saturated heterocycles. The van der Waals surface area contributed by atoms with Crippen molar-refractivity contribution in [3.05, 3.63) is 52.2 Å². The molecule has 0 aliphatic heterocycles. The number of hydrogen-bond donors (Lipinski definition) is 0. The van der Waals surface area contributed by atoms with Crippen molar-refractivity contribution in [1.82, 2.24) is 0 Å². The van der Waals surface area contributed by atoms with E-state index in [9.17, 15) is 9.70 Å². The summed E-state index contributed by atoms with van der Waals surface area (Å²) in [7, 11) is 0. The van der Waals surface area contributed by atoms with Gasteiger partial charge in [-0.3, -0.25) is 4.79 Å². The Bertz CT molecular complexity index is 491. The van der Waals surface area contributed by atoms with Gasteiger partial charge in [0, 0.05) is 15.6 Å². The van der Waals surface area contributed by atoms with Crippen molar-refractivity contribution in [1.29, 1.82) is 0 Å². The summed E-state index contributed by atoms with van der Waals surface area (Å²) >= 11 is 1.52. The average molecular weight is 217 g/mol. The van der Waals surface area contributed by atoms with E-state index >= 15 is 0 Å². The molecule has 0 atom stereocenters. The van der Waals surface area contributed by atoms with Gasteiger partial charge in [0.15, 0.2) is 0 Å². The van der Waals surface area contributed by atoms with E-state index in [0.29, 0.717) is 5.56 Å². The minimum absolute atomic E-state index is 0.356. The molecule has 15 heavy (non-hydrogen) atoms. The maximum Gasteiger partial charge on any atom is 0.317 e. The average Bonchev–Trinajstić information content (AvgIpc) is 2.81. The van der Waals surface area contributed by atoms with Gasteiger partial charge in [0.2, 0.25) is 0 Å². The third kappa shape index (κ3) is 1.85. The lowest BCUT2D eigenvalue weighted by Crippen LogP contribution is -1.95. The van der Waals surface area contributed by atoms with Crippen molar-refractivity contribution in [3.8, 4) is 10.4 Å². The molecule has 0 spiro atoms. The molecule has 2 rings (SSSR count). The predicted molar refractivity (Wildman–Crippen MR) is 59.9 cm³/mol. The van der Waals surface area contributed by atoms with E-state index in [1.807, 2.05) is 29.6 Å². The van der Waals surface area contributed by atoms with Crippen LogP contribution in [0.25, 0.3) is 10.4 Å². The van der Waals surface area contributed by atoms with Crippen molar-refractivity contribution in [2.45, 2.75) is 0 Å². The molecule has 0 unspecified atom stereocenters. The minimum Gasteiger partial charge on any atom is -0.263 e. The highest BCUT2D eigenvalue weighted by Gasteiger charge is 2.12. The molecule has 0 radical (unpaired) electrons. The lowest BCUT2D eigenvalue weighted by atomic mass is 10.1. The van der Waals surface area contributed by atoms with E-state index in [1.54, 1.807) is 12.1 Å². The largest absolute Gasteiger partial charge is 0.317 e. The molecular weight excluding hydrogens is 210 g/mol. The van der Waals surface area contributed by atoms with Crippen LogP contribution in [0.4, 0.5) is 0 Å². The number of carbonyl (C=O) groups excluding carboxylic acids is 1. The van der Waals surface area contributed by atoms with Crippen molar-refractivity contribution in [3.63, 3.8) is 0 Å². The molecule has 4 heteroatoms. The highest BCUT2D eigenvalue weighted by molar-refractivity contribution is 7.13. The van der Waals surface area contributed by atoms with Gasteiger partial charge in [-0.05, 0) is 17.5 Å². The number of hydrogen-bond acceptors (Lipinski definition) is 3. The molecule has 0 saturated carbocycles. The fourth-order valence-corrected chi connectivity index (χ4v) is 2.13. The third-order valence-corrected chi connectivity index (χ3v) is 2.93. The maximum absolute atomic E-state index is 11.3. The molecule has 74 valence electrons. The first-order valence-corrected chi connectivity index (χ1v) is 5.21. The topological polar surface area (TPSA) is 46.5 Å². The van der Waals surface area contributed by atoms with E-state index < -0.39 is 5.91 Å². The highest BCUT2D eigenvalue weighted by Crippen LogP contribution is 2.28. The maximum atomic E-state index is 11.3. The fraction of sp³-hybridized carbons (Fsp3) is 0. The number of carbonyl (C=O) groups is 1. The van der Waals surface area contributed by atoms with E-state index in [4.69, 9.17) is 0 Å². The number of amides is 1. The molecule has 1 heterocycles. The SMILES string of the molecule is O=NC(=O)c1ccccc1-c1cccs1. The van der Waals surface area contributed by atoms with Gasteiger partial charge < -0.3 is 0 Å². The van der Waals surface area contributed by atoms with Gasteiger partial charge in [-0.1, -0.05) is 24.3 Å². The van der Waals surface area contributed by atoms with Crippen molar-refractivity contribution in [2.24, 2.45) is 5.18 Å². The number of nitrogens with zero attached hydrogens (tertiary/aromatic N) is 1. The molecule has 1 aromatic carbocycles.